The number of nitrogens with two attached hydrogens (primary N) is 2. The third kappa shape index (κ3) is 3.64. The van der Waals surface area contributed by atoms with Crippen molar-refractivity contribution in [2.24, 2.45) is 5.73 Å². The van der Waals surface area contributed by atoms with Crippen molar-refractivity contribution in [2.75, 3.05) is 37.9 Å². The first-order valence-electron chi connectivity index (χ1n) is 5.45. The molecule has 0 aliphatic rings. The first-order valence-corrected chi connectivity index (χ1v) is 5.45. The van der Waals surface area contributed by atoms with E-state index in [1.165, 1.54) is 0 Å². The van der Waals surface area contributed by atoms with Crippen LogP contribution in [0, 0.1) is 0 Å². The van der Waals surface area contributed by atoms with Crippen molar-refractivity contribution in [1.29, 1.82) is 0 Å². The van der Waals surface area contributed by atoms with E-state index in [0.29, 0.717) is 17.9 Å². The van der Waals surface area contributed by atoms with Crippen LogP contribution in [0.15, 0.2) is 18.2 Å². The number of anilines is 2. The lowest BCUT2D eigenvalue weighted by Gasteiger charge is -2.21. The number of ether oxygens (including phenoxy) is 1. The lowest BCUT2D eigenvalue weighted by molar-refractivity contribution is 0.100. The van der Waals surface area contributed by atoms with Gasteiger partial charge in [0.2, 0.25) is 5.91 Å². The van der Waals surface area contributed by atoms with E-state index in [0.717, 1.165) is 18.7 Å². The van der Waals surface area contributed by atoms with Crippen molar-refractivity contribution in [3.8, 4) is 0 Å². The second-order valence-electron chi connectivity index (χ2n) is 3.91. The van der Waals surface area contributed by atoms with Gasteiger partial charge in [-0.1, -0.05) is 0 Å². The highest BCUT2D eigenvalue weighted by Crippen LogP contribution is 2.23. The molecule has 5 heteroatoms. The summed E-state index contributed by atoms with van der Waals surface area (Å²) >= 11 is 0. The maximum Gasteiger partial charge on any atom is 0.248 e. The van der Waals surface area contributed by atoms with Gasteiger partial charge in [-0.3, -0.25) is 4.79 Å². The second kappa shape index (κ2) is 6.10. The van der Waals surface area contributed by atoms with Gasteiger partial charge in [0.05, 0.1) is 11.4 Å². The minimum atomic E-state index is -0.448. The molecule has 0 saturated carbocycles. The van der Waals surface area contributed by atoms with Gasteiger partial charge in [0.15, 0.2) is 0 Å². The SMILES string of the molecule is COCCCN(C)c1cc(C(N)=O)ccc1N. The number of hydrogen-bond donors (Lipinski definition) is 2. The fourth-order valence-corrected chi connectivity index (χ4v) is 1.59. The monoisotopic (exact) mass is 237 g/mol. The minimum absolute atomic E-state index is 0.448. The van der Waals surface area contributed by atoms with Crippen molar-refractivity contribution in [3.05, 3.63) is 23.8 Å². The number of methoxy groups -OCH3 is 1. The number of hydrogen-bond acceptors (Lipinski definition) is 4. The van der Waals surface area contributed by atoms with E-state index in [4.69, 9.17) is 16.2 Å². The average molecular weight is 237 g/mol. The summed E-state index contributed by atoms with van der Waals surface area (Å²) in [5.41, 5.74) is 13.0. The second-order valence-corrected chi connectivity index (χ2v) is 3.91. The lowest BCUT2D eigenvalue weighted by Crippen LogP contribution is -2.22. The van der Waals surface area contributed by atoms with Crippen molar-refractivity contribution in [3.63, 3.8) is 0 Å². The van der Waals surface area contributed by atoms with E-state index in [1.807, 2.05) is 11.9 Å². The van der Waals surface area contributed by atoms with Gasteiger partial charge >= 0.3 is 0 Å². The molecule has 0 atom stereocenters. The molecule has 0 radical (unpaired) electrons. The number of nitrogen functional groups attached to an aromatic ring is 1. The zero-order valence-electron chi connectivity index (χ0n) is 10.3. The third-order valence-electron chi connectivity index (χ3n) is 2.57. The van der Waals surface area contributed by atoms with Gasteiger partial charge in [-0.25, -0.2) is 0 Å². The maximum atomic E-state index is 11.1. The number of benzene rings is 1. The Morgan fingerprint density at radius 2 is 2.18 bits per heavy atom. The van der Waals surface area contributed by atoms with E-state index in [9.17, 15) is 4.79 Å². The van der Waals surface area contributed by atoms with Crippen molar-refractivity contribution < 1.29 is 9.53 Å². The Balaban J connectivity index is 2.80. The lowest BCUT2D eigenvalue weighted by atomic mass is 10.1. The molecule has 0 heterocycles. The minimum Gasteiger partial charge on any atom is -0.397 e. The van der Waals surface area contributed by atoms with Gasteiger partial charge in [-0.05, 0) is 24.6 Å². The van der Waals surface area contributed by atoms with Crippen LogP contribution in [0.1, 0.15) is 16.8 Å². The summed E-state index contributed by atoms with van der Waals surface area (Å²) < 4.78 is 4.99. The Kier molecular flexibility index (Phi) is 4.78. The molecular formula is C12H19N3O2. The highest BCUT2D eigenvalue weighted by molar-refractivity contribution is 5.95. The van der Waals surface area contributed by atoms with Gasteiger partial charge in [-0.2, -0.15) is 0 Å². The number of carbonyl (C=O) groups excluding carboxylic acids is 1. The quantitative estimate of drug-likeness (QED) is 0.567. The topological polar surface area (TPSA) is 81.6 Å². The van der Waals surface area contributed by atoms with Crippen LogP contribution in [-0.4, -0.2) is 33.2 Å². The average Bonchev–Trinajstić information content (AvgIpc) is 2.29. The molecule has 1 aromatic carbocycles. The molecule has 5 nitrogen and oxygen atoms in total. The number of primary amides is 1. The molecule has 0 aliphatic carbocycles. The zero-order valence-corrected chi connectivity index (χ0v) is 10.3. The summed E-state index contributed by atoms with van der Waals surface area (Å²) in [6.45, 7) is 1.50. The van der Waals surface area contributed by atoms with Crippen LogP contribution in [0.3, 0.4) is 0 Å². The predicted molar refractivity (Wildman–Crippen MR) is 69.1 cm³/mol. The van der Waals surface area contributed by atoms with Crippen LogP contribution in [0.4, 0.5) is 11.4 Å². The molecular weight excluding hydrogens is 218 g/mol. The molecule has 0 aromatic heterocycles. The fraction of sp³-hybridized carbons (Fsp3) is 0.417. The summed E-state index contributed by atoms with van der Waals surface area (Å²) in [5.74, 6) is -0.448. The summed E-state index contributed by atoms with van der Waals surface area (Å²) in [6, 6.07) is 5.04. The standard InChI is InChI=1S/C12H19N3O2/c1-15(6-3-7-17-2)11-8-9(12(14)16)4-5-10(11)13/h4-5,8H,3,6-7,13H2,1-2H3,(H2,14,16). The van der Waals surface area contributed by atoms with E-state index >= 15 is 0 Å². The van der Waals surface area contributed by atoms with E-state index < -0.39 is 5.91 Å². The smallest absolute Gasteiger partial charge is 0.248 e. The van der Waals surface area contributed by atoms with Crippen LogP contribution in [-0.2, 0) is 4.74 Å². The van der Waals surface area contributed by atoms with Crippen molar-refractivity contribution in [1.82, 2.24) is 0 Å². The molecule has 4 N–H and O–H groups in total. The van der Waals surface area contributed by atoms with Gasteiger partial charge in [0.1, 0.15) is 0 Å². The summed E-state index contributed by atoms with van der Waals surface area (Å²) in [7, 11) is 3.59. The molecule has 0 aliphatic heterocycles. The molecule has 94 valence electrons. The summed E-state index contributed by atoms with van der Waals surface area (Å²) in [4.78, 5) is 13.1. The van der Waals surface area contributed by atoms with E-state index in [-0.39, 0.29) is 0 Å². The molecule has 1 rings (SSSR count). The molecule has 0 spiro atoms. The van der Waals surface area contributed by atoms with Gasteiger partial charge in [0, 0.05) is 32.9 Å². The molecule has 0 saturated heterocycles. The Hall–Kier alpha value is -1.75. The third-order valence-corrected chi connectivity index (χ3v) is 2.57. The van der Waals surface area contributed by atoms with Gasteiger partial charge < -0.3 is 21.1 Å². The Morgan fingerprint density at radius 1 is 1.47 bits per heavy atom. The van der Waals surface area contributed by atoms with Gasteiger partial charge in [0.25, 0.3) is 0 Å². The molecule has 0 bridgehead atoms. The molecule has 17 heavy (non-hydrogen) atoms. The van der Waals surface area contributed by atoms with Crippen LogP contribution in [0.25, 0.3) is 0 Å². The highest BCUT2D eigenvalue weighted by atomic mass is 16.5. The normalized spacial score (nSPS) is 10.2. The largest absolute Gasteiger partial charge is 0.397 e. The van der Waals surface area contributed by atoms with Gasteiger partial charge in [-0.15, -0.1) is 0 Å². The van der Waals surface area contributed by atoms with Crippen LogP contribution < -0.4 is 16.4 Å². The zero-order chi connectivity index (χ0) is 12.8. The number of amides is 1. The Labute approximate surface area is 101 Å². The highest BCUT2D eigenvalue weighted by Gasteiger charge is 2.08. The molecule has 1 amide bonds. The molecule has 1 aromatic rings. The molecule has 0 unspecified atom stereocenters. The summed E-state index contributed by atoms with van der Waals surface area (Å²) in [5, 5.41) is 0. The van der Waals surface area contributed by atoms with Crippen molar-refractivity contribution >= 4 is 17.3 Å². The number of rotatable bonds is 6. The van der Waals surface area contributed by atoms with Crippen LogP contribution >= 0.6 is 0 Å². The molecule has 0 fully saturated rings. The Bertz CT molecular complexity index is 393. The van der Waals surface area contributed by atoms with E-state index in [2.05, 4.69) is 0 Å². The predicted octanol–water partition coefficient (Wildman–Crippen LogP) is 0.840. The number of nitrogens with zero attached hydrogens (tertiary/aromatic N) is 1. The summed E-state index contributed by atoms with van der Waals surface area (Å²) in [6.07, 6.45) is 0.896. The van der Waals surface area contributed by atoms with Crippen molar-refractivity contribution in [2.45, 2.75) is 6.42 Å². The van der Waals surface area contributed by atoms with E-state index in [1.54, 1.807) is 25.3 Å². The van der Waals surface area contributed by atoms with Crippen LogP contribution in [0.2, 0.25) is 0 Å². The first-order chi connectivity index (χ1) is 8.06. The first kappa shape index (κ1) is 13.3. The van der Waals surface area contributed by atoms with Crippen LogP contribution in [0.5, 0.6) is 0 Å². The Morgan fingerprint density at radius 3 is 2.76 bits per heavy atom. The number of carbonyl (C=O) groups is 1. The fourth-order valence-electron chi connectivity index (χ4n) is 1.59. The maximum absolute atomic E-state index is 11.1.